The Morgan fingerprint density at radius 2 is 2.15 bits per heavy atom. The summed E-state index contributed by atoms with van der Waals surface area (Å²) in [5.74, 6) is -1.83. The van der Waals surface area contributed by atoms with E-state index in [0.717, 1.165) is 6.07 Å². The maximum Gasteiger partial charge on any atom is 0.335 e. The van der Waals surface area contributed by atoms with Gasteiger partial charge < -0.3 is 9.84 Å². The minimum Gasteiger partial charge on any atom is -0.478 e. The van der Waals surface area contributed by atoms with Crippen LogP contribution in [0.2, 0.25) is 0 Å². The van der Waals surface area contributed by atoms with Crippen LogP contribution in [0.1, 0.15) is 22.3 Å². The van der Waals surface area contributed by atoms with Crippen molar-refractivity contribution in [3.8, 4) is 0 Å². The Kier molecular flexibility index (Phi) is 3.78. The van der Waals surface area contributed by atoms with Crippen LogP contribution in [-0.2, 0) is 19.6 Å². The third kappa shape index (κ3) is 2.81. The van der Waals surface area contributed by atoms with E-state index in [4.69, 9.17) is 5.11 Å². The monoisotopic (exact) mass is 299 g/mol. The Labute approximate surface area is 115 Å². The van der Waals surface area contributed by atoms with E-state index < -0.39 is 28.0 Å². The van der Waals surface area contributed by atoms with E-state index in [0.29, 0.717) is 5.56 Å². The molecule has 0 aliphatic carbocycles. The number of carboxylic acids is 1. The molecule has 8 heteroatoms. The Hall–Kier alpha value is -1.93. The number of benzene rings is 1. The quantitative estimate of drug-likeness (QED) is 0.773. The van der Waals surface area contributed by atoms with Crippen LogP contribution in [0.25, 0.3) is 0 Å². The molecule has 2 rings (SSSR count). The minimum atomic E-state index is -3.96. The van der Waals surface area contributed by atoms with Crippen LogP contribution in [-0.4, -0.2) is 38.1 Å². The number of carboxylic acid groups (broad SMARTS) is 1. The van der Waals surface area contributed by atoms with Crippen molar-refractivity contribution in [2.75, 3.05) is 6.61 Å². The predicted octanol–water partition coefficient (Wildman–Crippen LogP) is 0.287. The molecule has 1 unspecified atom stereocenters. The van der Waals surface area contributed by atoms with E-state index in [1.807, 2.05) is 0 Å². The van der Waals surface area contributed by atoms with Gasteiger partial charge in [0.25, 0.3) is 0 Å². The van der Waals surface area contributed by atoms with Gasteiger partial charge in [-0.2, -0.15) is 4.72 Å². The molecule has 1 heterocycles. The summed E-state index contributed by atoms with van der Waals surface area (Å²) in [7, 11) is -3.96. The summed E-state index contributed by atoms with van der Waals surface area (Å²) in [6, 6.07) is 2.85. The van der Waals surface area contributed by atoms with E-state index in [9.17, 15) is 18.0 Å². The van der Waals surface area contributed by atoms with Gasteiger partial charge in [-0.3, -0.25) is 4.79 Å². The maximum absolute atomic E-state index is 12.1. The molecular weight excluding hydrogens is 286 g/mol. The van der Waals surface area contributed by atoms with Crippen LogP contribution in [0.15, 0.2) is 23.1 Å². The molecule has 0 bridgehead atoms. The zero-order valence-corrected chi connectivity index (χ0v) is 11.4. The van der Waals surface area contributed by atoms with Crippen molar-refractivity contribution in [3.05, 3.63) is 29.3 Å². The molecule has 1 fully saturated rings. The van der Waals surface area contributed by atoms with Gasteiger partial charge in [0.2, 0.25) is 10.0 Å². The van der Waals surface area contributed by atoms with Crippen molar-refractivity contribution in [1.82, 2.24) is 4.72 Å². The number of cyclic esters (lactones) is 1. The van der Waals surface area contributed by atoms with Gasteiger partial charge in [0.1, 0.15) is 6.04 Å². The first-order valence-electron chi connectivity index (χ1n) is 5.84. The highest BCUT2D eigenvalue weighted by Crippen LogP contribution is 2.17. The van der Waals surface area contributed by atoms with Gasteiger partial charge >= 0.3 is 11.9 Å². The van der Waals surface area contributed by atoms with Crippen LogP contribution in [0.3, 0.4) is 0 Å². The molecule has 0 aromatic heterocycles. The topological polar surface area (TPSA) is 110 Å². The fourth-order valence-corrected chi connectivity index (χ4v) is 3.10. The lowest BCUT2D eigenvalue weighted by Crippen LogP contribution is -2.37. The van der Waals surface area contributed by atoms with Gasteiger partial charge in [0.05, 0.1) is 17.1 Å². The lowest BCUT2D eigenvalue weighted by atomic mass is 10.1. The number of sulfonamides is 1. The Balaban J connectivity index is 2.32. The second-order valence-electron chi connectivity index (χ2n) is 4.41. The Bertz CT molecular complexity index is 667. The molecule has 1 aromatic carbocycles. The van der Waals surface area contributed by atoms with Crippen LogP contribution in [0.5, 0.6) is 0 Å². The van der Waals surface area contributed by atoms with Gasteiger partial charge in [-0.25, -0.2) is 13.2 Å². The Morgan fingerprint density at radius 3 is 2.70 bits per heavy atom. The lowest BCUT2D eigenvalue weighted by molar-refractivity contribution is -0.139. The Morgan fingerprint density at radius 1 is 1.45 bits per heavy atom. The largest absolute Gasteiger partial charge is 0.478 e. The number of nitrogens with one attached hydrogen (secondary N) is 1. The molecule has 20 heavy (non-hydrogen) atoms. The van der Waals surface area contributed by atoms with Crippen LogP contribution < -0.4 is 4.72 Å². The molecule has 0 saturated carbocycles. The number of ether oxygens (including phenoxy) is 1. The highest BCUT2D eigenvalue weighted by atomic mass is 32.2. The number of aromatic carboxylic acids is 1. The lowest BCUT2D eigenvalue weighted by Gasteiger charge is -2.11. The second kappa shape index (κ2) is 5.22. The molecular formula is C12H13NO6S. The third-order valence-corrected chi connectivity index (χ3v) is 4.45. The van der Waals surface area contributed by atoms with E-state index in [1.54, 1.807) is 6.92 Å². The van der Waals surface area contributed by atoms with Crippen molar-refractivity contribution in [2.45, 2.75) is 24.3 Å². The molecule has 1 saturated heterocycles. The van der Waals surface area contributed by atoms with Crippen LogP contribution >= 0.6 is 0 Å². The highest BCUT2D eigenvalue weighted by molar-refractivity contribution is 7.89. The molecule has 2 N–H and O–H groups in total. The average Bonchev–Trinajstić information content (AvgIpc) is 2.74. The van der Waals surface area contributed by atoms with Crippen molar-refractivity contribution in [2.24, 2.45) is 0 Å². The molecule has 0 spiro atoms. The fourth-order valence-electron chi connectivity index (χ4n) is 1.86. The summed E-state index contributed by atoms with van der Waals surface area (Å²) in [5, 5.41) is 8.99. The van der Waals surface area contributed by atoms with E-state index in [-0.39, 0.29) is 23.5 Å². The van der Waals surface area contributed by atoms with E-state index in [1.165, 1.54) is 12.1 Å². The van der Waals surface area contributed by atoms with Gasteiger partial charge in [-0.1, -0.05) is 6.07 Å². The van der Waals surface area contributed by atoms with Crippen LogP contribution in [0, 0.1) is 6.92 Å². The number of aryl methyl sites for hydroxylation is 1. The molecule has 1 aromatic rings. The second-order valence-corrected chi connectivity index (χ2v) is 6.13. The molecule has 0 amide bonds. The summed E-state index contributed by atoms with van der Waals surface area (Å²) < 4.78 is 31.1. The van der Waals surface area contributed by atoms with Gasteiger partial charge in [-0.15, -0.1) is 0 Å². The standard InChI is InChI=1S/C12H13NO6S/c1-7-2-3-8(6-9(7)11(14)15)20(17,18)13-10-4-5-19-12(10)16/h2-3,6,10,13H,4-5H2,1H3,(H,14,15). The van der Waals surface area contributed by atoms with Gasteiger partial charge in [0, 0.05) is 6.42 Å². The van der Waals surface area contributed by atoms with Crippen molar-refractivity contribution in [3.63, 3.8) is 0 Å². The average molecular weight is 299 g/mol. The van der Waals surface area contributed by atoms with Gasteiger partial charge in [0.15, 0.2) is 0 Å². The molecule has 1 atom stereocenters. The summed E-state index contributed by atoms with van der Waals surface area (Å²) in [5.41, 5.74) is 0.360. The number of rotatable bonds is 4. The molecule has 1 aliphatic rings. The maximum atomic E-state index is 12.1. The highest BCUT2D eigenvalue weighted by Gasteiger charge is 2.31. The zero-order valence-electron chi connectivity index (χ0n) is 10.6. The summed E-state index contributed by atoms with van der Waals surface area (Å²) >= 11 is 0. The fraction of sp³-hybridized carbons (Fsp3) is 0.333. The SMILES string of the molecule is Cc1ccc(S(=O)(=O)NC2CCOC2=O)cc1C(=O)O. The smallest absolute Gasteiger partial charge is 0.335 e. The molecule has 108 valence electrons. The van der Waals surface area contributed by atoms with Crippen molar-refractivity contribution < 1.29 is 27.9 Å². The zero-order chi connectivity index (χ0) is 14.9. The summed E-state index contributed by atoms with van der Waals surface area (Å²) in [6.45, 7) is 1.74. The third-order valence-electron chi connectivity index (χ3n) is 2.98. The number of hydrogen-bond donors (Lipinski definition) is 2. The first-order chi connectivity index (χ1) is 9.31. The van der Waals surface area contributed by atoms with Gasteiger partial charge in [-0.05, 0) is 24.6 Å². The van der Waals surface area contributed by atoms with Crippen LogP contribution in [0.4, 0.5) is 0 Å². The van der Waals surface area contributed by atoms with E-state index >= 15 is 0 Å². The minimum absolute atomic E-state index is 0.0955. The number of carbonyl (C=O) groups is 2. The normalized spacial score (nSPS) is 18.9. The molecule has 0 radical (unpaired) electrons. The summed E-state index contributed by atoms with van der Waals surface area (Å²) in [4.78, 5) is 22.1. The predicted molar refractivity (Wildman–Crippen MR) is 67.8 cm³/mol. The number of esters is 1. The first-order valence-corrected chi connectivity index (χ1v) is 7.32. The van der Waals surface area contributed by atoms with Crippen molar-refractivity contribution >= 4 is 22.0 Å². The molecule has 1 aliphatic heterocycles. The van der Waals surface area contributed by atoms with E-state index in [2.05, 4.69) is 9.46 Å². The van der Waals surface area contributed by atoms with Crippen molar-refractivity contribution in [1.29, 1.82) is 0 Å². The number of hydrogen-bond acceptors (Lipinski definition) is 5. The summed E-state index contributed by atoms with van der Waals surface area (Å²) in [6.07, 6.45) is 0.260. The first kappa shape index (κ1) is 14.5. The molecule has 7 nitrogen and oxygen atoms in total. The number of carbonyl (C=O) groups excluding carboxylic acids is 1.